The fourth-order valence-electron chi connectivity index (χ4n) is 3.14. The van der Waals surface area contributed by atoms with Crippen LogP contribution < -0.4 is 32.2 Å². The van der Waals surface area contributed by atoms with Crippen LogP contribution in [0.1, 0.15) is 15.2 Å². The Balaban J connectivity index is 1.24. The van der Waals surface area contributed by atoms with Crippen LogP contribution in [0.5, 0.6) is 10.8 Å². The third-order valence-corrected chi connectivity index (χ3v) is 5.83. The second-order valence-electron chi connectivity index (χ2n) is 7.42. The molecule has 0 spiro atoms. The highest BCUT2D eigenvalue weighted by atomic mass is 32.1. The van der Waals surface area contributed by atoms with Gasteiger partial charge in [0, 0.05) is 29.3 Å². The Morgan fingerprint density at radius 3 is 2.41 bits per heavy atom. The first-order valence-electron chi connectivity index (χ1n) is 10.8. The number of carbonyl (C=O) groups excluding carboxylic acids is 1. The van der Waals surface area contributed by atoms with Gasteiger partial charge in [0.05, 0.1) is 12.1 Å². The van der Waals surface area contributed by atoms with E-state index >= 15 is 0 Å². The van der Waals surface area contributed by atoms with Gasteiger partial charge in [-0.2, -0.15) is 0 Å². The van der Waals surface area contributed by atoms with Crippen molar-refractivity contribution in [2.45, 2.75) is 6.54 Å². The first kappa shape index (κ1) is 22.9. The van der Waals surface area contributed by atoms with Gasteiger partial charge >= 0.3 is 0 Å². The van der Waals surface area contributed by atoms with Crippen LogP contribution in [-0.4, -0.2) is 24.0 Å². The molecule has 0 atom stereocenters. The smallest absolute Gasteiger partial charge is 0.255 e. The number of carbonyl (C=O) groups is 1. The van der Waals surface area contributed by atoms with Crippen LogP contribution in [0, 0.1) is 0 Å². The molecule has 0 unspecified atom stereocenters. The summed E-state index contributed by atoms with van der Waals surface area (Å²) in [5, 5.41) is 10.1. The van der Waals surface area contributed by atoms with Gasteiger partial charge in [0.25, 0.3) is 5.91 Å². The molecule has 0 radical (unpaired) electrons. The van der Waals surface area contributed by atoms with E-state index in [-0.39, 0.29) is 11.7 Å². The second-order valence-corrected chi connectivity index (χ2v) is 8.55. The molecule has 4 aromatic rings. The summed E-state index contributed by atoms with van der Waals surface area (Å²) in [6, 6.07) is 24.3. The summed E-state index contributed by atoms with van der Waals surface area (Å²) in [7, 11) is 0. The molecule has 0 bridgehead atoms. The van der Waals surface area contributed by atoms with Gasteiger partial charge in [0.2, 0.25) is 0 Å². The minimum absolute atomic E-state index is 0.174. The third-order valence-electron chi connectivity index (χ3n) is 4.86. The Hall–Kier alpha value is -4.24. The van der Waals surface area contributed by atoms with Gasteiger partial charge in [-0.05, 0) is 60.7 Å². The van der Waals surface area contributed by atoms with Gasteiger partial charge in [-0.15, -0.1) is 11.3 Å². The molecule has 4 rings (SSSR count). The number of hydrogen-bond acceptors (Lipinski definition) is 8. The first-order chi connectivity index (χ1) is 16.6. The number of nitrogens with two attached hydrogens (primary N) is 2. The Labute approximate surface area is 202 Å². The maximum atomic E-state index is 12.6. The molecule has 34 heavy (non-hydrogen) atoms. The monoisotopic (exact) mass is 474 g/mol. The van der Waals surface area contributed by atoms with Crippen molar-refractivity contribution in [2.75, 3.05) is 35.2 Å². The number of amides is 1. The third kappa shape index (κ3) is 6.39. The van der Waals surface area contributed by atoms with Gasteiger partial charge in [0.1, 0.15) is 17.4 Å². The SMILES string of the molecule is Nc1ccc(NCCNc2ccc(C(=O)NCc3ccc(Oc4ccccc4)s3)c(N)n2)cc1. The van der Waals surface area contributed by atoms with Gasteiger partial charge in [-0.25, -0.2) is 4.98 Å². The molecule has 2 heterocycles. The average Bonchev–Trinajstić information content (AvgIpc) is 3.29. The topological polar surface area (TPSA) is 127 Å². The summed E-state index contributed by atoms with van der Waals surface area (Å²) in [4.78, 5) is 17.9. The van der Waals surface area contributed by atoms with Gasteiger partial charge in [-0.3, -0.25) is 4.79 Å². The zero-order valence-electron chi connectivity index (χ0n) is 18.5. The molecule has 0 aliphatic heterocycles. The number of para-hydroxylation sites is 1. The van der Waals surface area contributed by atoms with Crippen LogP contribution in [0.25, 0.3) is 0 Å². The summed E-state index contributed by atoms with van der Waals surface area (Å²) in [5.74, 6) is 1.27. The second kappa shape index (κ2) is 11.1. The molecule has 0 saturated carbocycles. The molecule has 1 amide bonds. The molecule has 8 nitrogen and oxygen atoms in total. The normalized spacial score (nSPS) is 10.5. The van der Waals surface area contributed by atoms with Crippen molar-refractivity contribution in [2.24, 2.45) is 0 Å². The molecule has 0 aliphatic rings. The predicted octanol–water partition coefficient (Wildman–Crippen LogP) is 4.55. The molecule has 0 saturated heterocycles. The van der Waals surface area contributed by atoms with Gasteiger partial charge < -0.3 is 32.2 Å². The lowest BCUT2D eigenvalue weighted by Crippen LogP contribution is -2.24. The summed E-state index contributed by atoms with van der Waals surface area (Å²) in [5.41, 5.74) is 13.8. The molecular weight excluding hydrogens is 448 g/mol. The number of nitrogens with zero attached hydrogens (tertiary/aromatic N) is 1. The number of thiophene rings is 1. The van der Waals surface area contributed by atoms with Crippen LogP contribution in [0.3, 0.4) is 0 Å². The first-order valence-corrected chi connectivity index (χ1v) is 11.6. The van der Waals surface area contributed by atoms with Crippen molar-refractivity contribution >= 4 is 40.3 Å². The minimum atomic E-state index is -0.277. The van der Waals surface area contributed by atoms with E-state index in [9.17, 15) is 4.79 Å². The van der Waals surface area contributed by atoms with Crippen LogP contribution >= 0.6 is 11.3 Å². The van der Waals surface area contributed by atoms with E-state index < -0.39 is 0 Å². The number of hydrogen-bond donors (Lipinski definition) is 5. The molecule has 0 fully saturated rings. The number of anilines is 4. The summed E-state index contributed by atoms with van der Waals surface area (Å²) >= 11 is 1.48. The fraction of sp³-hybridized carbons (Fsp3) is 0.120. The molecule has 2 aromatic heterocycles. The number of pyridine rings is 1. The number of benzene rings is 2. The summed E-state index contributed by atoms with van der Waals surface area (Å²) < 4.78 is 5.81. The molecule has 7 N–H and O–H groups in total. The van der Waals surface area contributed by atoms with E-state index in [0.29, 0.717) is 31.0 Å². The highest BCUT2D eigenvalue weighted by Crippen LogP contribution is 2.29. The van der Waals surface area contributed by atoms with Gasteiger partial charge in [0.15, 0.2) is 5.06 Å². The van der Waals surface area contributed by atoms with Crippen LogP contribution in [-0.2, 0) is 6.54 Å². The molecular formula is C25H26N6O2S. The van der Waals surface area contributed by atoms with Crippen LogP contribution in [0.2, 0.25) is 0 Å². The molecule has 2 aromatic carbocycles. The van der Waals surface area contributed by atoms with E-state index in [4.69, 9.17) is 16.2 Å². The Bertz CT molecular complexity index is 1230. The maximum absolute atomic E-state index is 12.6. The van der Waals surface area contributed by atoms with Crippen LogP contribution in [0.4, 0.5) is 23.0 Å². The van der Waals surface area contributed by atoms with Gasteiger partial charge in [-0.1, -0.05) is 18.2 Å². The Morgan fingerprint density at radius 2 is 1.65 bits per heavy atom. The molecule has 9 heteroatoms. The largest absolute Gasteiger partial charge is 0.447 e. The highest BCUT2D eigenvalue weighted by molar-refractivity contribution is 7.13. The van der Waals surface area contributed by atoms with Crippen molar-refractivity contribution in [1.82, 2.24) is 10.3 Å². The summed E-state index contributed by atoms with van der Waals surface area (Å²) in [6.45, 7) is 1.69. The van der Waals surface area contributed by atoms with E-state index in [1.165, 1.54) is 11.3 Å². The van der Waals surface area contributed by atoms with Crippen molar-refractivity contribution in [3.63, 3.8) is 0 Å². The Morgan fingerprint density at radius 1 is 0.882 bits per heavy atom. The van der Waals surface area contributed by atoms with Crippen molar-refractivity contribution < 1.29 is 9.53 Å². The van der Waals surface area contributed by atoms with Crippen molar-refractivity contribution in [1.29, 1.82) is 0 Å². The zero-order valence-corrected chi connectivity index (χ0v) is 19.3. The lowest BCUT2D eigenvalue weighted by atomic mass is 10.2. The van der Waals surface area contributed by atoms with E-state index in [1.54, 1.807) is 12.1 Å². The predicted molar refractivity (Wildman–Crippen MR) is 138 cm³/mol. The number of nitrogens with one attached hydrogen (secondary N) is 3. The highest BCUT2D eigenvalue weighted by Gasteiger charge is 2.12. The number of nitrogen functional groups attached to an aromatic ring is 2. The number of rotatable bonds is 10. The lowest BCUT2D eigenvalue weighted by Gasteiger charge is -2.11. The zero-order chi connectivity index (χ0) is 23.8. The quantitative estimate of drug-likeness (QED) is 0.168. The van der Waals surface area contributed by atoms with E-state index in [0.717, 1.165) is 27.1 Å². The Kier molecular flexibility index (Phi) is 7.46. The molecule has 174 valence electrons. The minimum Gasteiger partial charge on any atom is -0.447 e. The van der Waals surface area contributed by atoms with E-state index in [1.807, 2.05) is 66.7 Å². The van der Waals surface area contributed by atoms with Crippen molar-refractivity contribution in [3.05, 3.63) is 89.3 Å². The molecule has 0 aliphatic carbocycles. The number of aromatic nitrogens is 1. The fourth-order valence-corrected chi connectivity index (χ4v) is 3.95. The summed E-state index contributed by atoms with van der Waals surface area (Å²) in [6.07, 6.45) is 0. The number of ether oxygens (including phenoxy) is 1. The maximum Gasteiger partial charge on any atom is 0.255 e. The van der Waals surface area contributed by atoms with E-state index in [2.05, 4.69) is 20.9 Å². The average molecular weight is 475 g/mol. The standard InChI is InChI=1S/C25H26N6O2S/c26-17-6-8-18(9-7-17)28-14-15-29-22-12-11-21(24(27)31-22)25(32)30-16-20-10-13-23(34-20)33-19-4-2-1-3-5-19/h1-13,28H,14-16,26H2,(H,30,32)(H3,27,29,31). The van der Waals surface area contributed by atoms with Crippen LogP contribution in [0.15, 0.2) is 78.9 Å². The van der Waals surface area contributed by atoms with Crippen molar-refractivity contribution in [3.8, 4) is 10.8 Å². The lowest BCUT2D eigenvalue weighted by molar-refractivity contribution is 0.0952.